The molecular weight excluding hydrogens is 266 g/mol. The number of hydrogen-bond donors (Lipinski definition) is 0. The van der Waals surface area contributed by atoms with E-state index in [0.29, 0.717) is 18.8 Å². The molecule has 1 amide bonds. The Hall–Kier alpha value is -1.56. The van der Waals surface area contributed by atoms with Crippen LogP contribution in [0.5, 0.6) is 5.75 Å². The summed E-state index contributed by atoms with van der Waals surface area (Å²) >= 11 is 0. The fraction of sp³-hybridized carbons (Fsp3) is 0.462. The molecule has 0 atom stereocenters. The summed E-state index contributed by atoms with van der Waals surface area (Å²) < 4.78 is 27.7. The van der Waals surface area contributed by atoms with E-state index >= 15 is 0 Å². The normalized spacial score (nSPS) is 18.1. The number of rotatable bonds is 3. The highest BCUT2D eigenvalue weighted by Crippen LogP contribution is 2.14. The molecule has 1 aliphatic heterocycles. The second-order valence-corrected chi connectivity index (χ2v) is 6.86. The molecule has 1 aliphatic rings. The molecule has 0 spiro atoms. The number of nitrogens with zero attached hydrogens (tertiary/aromatic N) is 1. The van der Waals surface area contributed by atoms with Crippen molar-refractivity contribution in [2.24, 2.45) is 0 Å². The average molecular weight is 283 g/mol. The van der Waals surface area contributed by atoms with Crippen molar-refractivity contribution in [1.82, 2.24) is 4.90 Å². The Labute approximate surface area is 113 Å². The highest BCUT2D eigenvalue weighted by atomic mass is 32.2. The second-order valence-electron chi connectivity index (χ2n) is 4.56. The van der Waals surface area contributed by atoms with E-state index in [9.17, 15) is 13.2 Å². The Morgan fingerprint density at radius 1 is 1.32 bits per heavy atom. The molecule has 19 heavy (non-hydrogen) atoms. The summed E-state index contributed by atoms with van der Waals surface area (Å²) in [6, 6.07) is 7.34. The maximum Gasteiger partial charge on any atom is 0.227 e. The largest absolute Gasteiger partial charge is 0.497 e. The zero-order chi connectivity index (χ0) is 13.9. The van der Waals surface area contributed by atoms with Crippen molar-refractivity contribution in [2.45, 2.75) is 6.42 Å². The molecule has 6 heteroatoms. The van der Waals surface area contributed by atoms with Gasteiger partial charge >= 0.3 is 0 Å². The van der Waals surface area contributed by atoms with E-state index in [4.69, 9.17) is 4.74 Å². The fourth-order valence-corrected chi connectivity index (χ4v) is 3.23. The first-order valence-electron chi connectivity index (χ1n) is 6.11. The maximum atomic E-state index is 12.1. The number of benzene rings is 1. The first-order chi connectivity index (χ1) is 9.00. The van der Waals surface area contributed by atoms with E-state index < -0.39 is 9.84 Å². The van der Waals surface area contributed by atoms with Crippen LogP contribution in [0.4, 0.5) is 0 Å². The Balaban J connectivity index is 1.97. The third-order valence-electron chi connectivity index (χ3n) is 3.19. The van der Waals surface area contributed by atoms with Gasteiger partial charge in [0.15, 0.2) is 9.84 Å². The van der Waals surface area contributed by atoms with Gasteiger partial charge in [0.1, 0.15) is 5.75 Å². The Morgan fingerprint density at radius 3 is 2.63 bits per heavy atom. The molecular formula is C13H17NO4S. The van der Waals surface area contributed by atoms with Crippen molar-refractivity contribution in [3.05, 3.63) is 29.8 Å². The number of methoxy groups -OCH3 is 1. The van der Waals surface area contributed by atoms with Crippen LogP contribution in [0.1, 0.15) is 5.56 Å². The lowest BCUT2D eigenvalue weighted by Gasteiger charge is -2.26. The van der Waals surface area contributed by atoms with Crippen LogP contribution in [0.25, 0.3) is 0 Å². The average Bonchev–Trinajstić information content (AvgIpc) is 2.38. The van der Waals surface area contributed by atoms with Crippen LogP contribution in [-0.4, -0.2) is 50.9 Å². The summed E-state index contributed by atoms with van der Waals surface area (Å²) in [7, 11) is -1.37. The van der Waals surface area contributed by atoms with Gasteiger partial charge in [0.25, 0.3) is 0 Å². The summed E-state index contributed by atoms with van der Waals surface area (Å²) in [5, 5.41) is 0. The molecule has 2 rings (SSSR count). The van der Waals surface area contributed by atoms with Crippen LogP contribution in [0.3, 0.4) is 0 Å². The van der Waals surface area contributed by atoms with Crippen LogP contribution in [0, 0.1) is 0 Å². The van der Waals surface area contributed by atoms with Gasteiger partial charge in [0.2, 0.25) is 5.91 Å². The van der Waals surface area contributed by atoms with Crippen molar-refractivity contribution in [1.29, 1.82) is 0 Å². The molecule has 5 nitrogen and oxygen atoms in total. The van der Waals surface area contributed by atoms with Crippen molar-refractivity contribution in [2.75, 3.05) is 31.7 Å². The van der Waals surface area contributed by atoms with E-state index in [1.54, 1.807) is 12.0 Å². The minimum atomic E-state index is -2.95. The minimum Gasteiger partial charge on any atom is -0.497 e. The summed E-state index contributed by atoms with van der Waals surface area (Å²) in [6.45, 7) is 0.594. The molecule has 0 aliphatic carbocycles. The highest BCUT2D eigenvalue weighted by molar-refractivity contribution is 7.91. The molecule has 0 saturated carbocycles. The molecule has 1 saturated heterocycles. The van der Waals surface area contributed by atoms with E-state index in [2.05, 4.69) is 0 Å². The molecule has 0 radical (unpaired) electrons. The van der Waals surface area contributed by atoms with Crippen LogP contribution in [0.15, 0.2) is 24.3 Å². The molecule has 0 N–H and O–H groups in total. The lowest BCUT2D eigenvalue weighted by Crippen LogP contribution is -2.44. The quantitative estimate of drug-likeness (QED) is 0.810. The fourth-order valence-electron chi connectivity index (χ4n) is 2.03. The number of sulfone groups is 1. The molecule has 104 valence electrons. The van der Waals surface area contributed by atoms with Crippen molar-refractivity contribution < 1.29 is 17.9 Å². The van der Waals surface area contributed by atoms with Crippen molar-refractivity contribution in [3.8, 4) is 5.75 Å². The zero-order valence-corrected chi connectivity index (χ0v) is 11.6. The lowest BCUT2D eigenvalue weighted by molar-refractivity contribution is -0.130. The molecule has 0 aromatic heterocycles. The monoisotopic (exact) mass is 283 g/mol. The van der Waals surface area contributed by atoms with Crippen LogP contribution in [-0.2, 0) is 21.1 Å². The molecule has 0 bridgehead atoms. The van der Waals surface area contributed by atoms with Crippen LogP contribution < -0.4 is 4.74 Å². The van der Waals surface area contributed by atoms with Gasteiger partial charge in [0, 0.05) is 13.1 Å². The van der Waals surface area contributed by atoms with Gasteiger partial charge in [0.05, 0.1) is 25.0 Å². The van der Waals surface area contributed by atoms with Crippen LogP contribution >= 0.6 is 0 Å². The molecule has 1 heterocycles. The van der Waals surface area contributed by atoms with E-state index in [1.165, 1.54) is 0 Å². The van der Waals surface area contributed by atoms with Crippen LogP contribution in [0.2, 0.25) is 0 Å². The van der Waals surface area contributed by atoms with Gasteiger partial charge in [-0.1, -0.05) is 12.1 Å². The highest BCUT2D eigenvalue weighted by Gasteiger charge is 2.24. The Bertz CT molecular complexity index is 554. The summed E-state index contributed by atoms with van der Waals surface area (Å²) in [6.07, 6.45) is 0.275. The van der Waals surface area contributed by atoms with Gasteiger partial charge in [-0.15, -0.1) is 0 Å². The molecule has 1 aromatic carbocycles. The number of hydrogen-bond acceptors (Lipinski definition) is 4. The van der Waals surface area contributed by atoms with E-state index in [1.807, 2.05) is 24.3 Å². The van der Waals surface area contributed by atoms with Gasteiger partial charge in [-0.05, 0) is 17.7 Å². The topological polar surface area (TPSA) is 63.7 Å². The zero-order valence-electron chi connectivity index (χ0n) is 10.8. The van der Waals surface area contributed by atoms with E-state index in [0.717, 1.165) is 5.56 Å². The predicted molar refractivity (Wildman–Crippen MR) is 71.9 cm³/mol. The first kappa shape index (κ1) is 13.9. The third kappa shape index (κ3) is 3.70. The van der Waals surface area contributed by atoms with Gasteiger partial charge in [-0.2, -0.15) is 0 Å². The molecule has 0 unspecified atom stereocenters. The van der Waals surface area contributed by atoms with E-state index in [-0.39, 0.29) is 23.8 Å². The Morgan fingerprint density at radius 2 is 2.00 bits per heavy atom. The van der Waals surface area contributed by atoms with Crippen molar-refractivity contribution >= 4 is 15.7 Å². The number of carbonyl (C=O) groups is 1. The first-order valence-corrected chi connectivity index (χ1v) is 7.93. The SMILES string of the molecule is COc1cccc(CC(=O)N2CCS(=O)(=O)CC2)c1. The molecule has 1 aromatic rings. The predicted octanol–water partition coefficient (Wildman–Crippen LogP) is 0.495. The van der Waals surface area contributed by atoms with Gasteiger partial charge in [-0.25, -0.2) is 8.42 Å². The number of amides is 1. The van der Waals surface area contributed by atoms with Crippen molar-refractivity contribution in [3.63, 3.8) is 0 Å². The summed E-state index contributed by atoms with van der Waals surface area (Å²) in [5.41, 5.74) is 0.873. The molecule has 1 fully saturated rings. The van der Waals surface area contributed by atoms with Gasteiger partial charge < -0.3 is 9.64 Å². The summed E-state index contributed by atoms with van der Waals surface area (Å²) in [5.74, 6) is 0.808. The summed E-state index contributed by atoms with van der Waals surface area (Å²) in [4.78, 5) is 13.7. The second kappa shape index (κ2) is 5.61. The number of ether oxygens (including phenoxy) is 1. The Kier molecular flexibility index (Phi) is 4.09. The number of carbonyl (C=O) groups excluding carboxylic acids is 1. The smallest absolute Gasteiger partial charge is 0.227 e. The maximum absolute atomic E-state index is 12.1. The lowest BCUT2D eigenvalue weighted by atomic mass is 10.1. The third-order valence-corrected chi connectivity index (χ3v) is 4.80. The minimum absolute atomic E-state index is 0.0387. The standard InChI is InChI=1S/C13H17NO4S/c1-18-12-4-2-3-11(9-12)10-13(15)14-5-7-19(16,17)8-6-14/h2-4,9H,5-8,10H2,1H3. The van der Waals surface area contributed by atoms with Gasteiger partial charge in [-0.3, -0.25) is 4.79 Å².